The van der Waals surface area contributed by atoms with Crippen LogP contribution in [0.1, 0.15) is 23.4 Å². The molecule has 0 spiro atoms. The van der Waals surface area contributed by atoms with Gasteiger partial charge < -0.3 is 0 Å². The van der Waals surface area contributed by atoms with Crippen LogP contribution in [0, 0.1) is 18.3 Å². The highest BCUT2D eigenvalue weighted by Gasteiger charge is 2.47. The van der Waals surface area contributed by atoms with Crippen molar-refractivity contribution >= 4 is 38.6 Å². The molecule has 2 aromatic heterocycles. The molecule has 1 aliphatic rings. The average Bonchev–Trinajstić information content (AvgIpc) is 2.83. The number of thiophene rings is 1. The molecule has 5 heteroatoms. The summed E-state index contributed by atoms with van der Waals surface area (Å²) >= 11 is 6.81. The van der Waals surface area contributed by atoms with Gasteiger partial charge in [-0.2, -0.15) is 5.26 Å². The number of rotatable bonds is 2. The second-order valence-electron chi connectivity index (χ2n) is 4.26. The third-order valence-corrected chi connectivity index (χ3v) is 6.20. The molecule has 0 N–H and O–H groups in total. The summed E-state index contributed by atoms with van der Waals surface area (Å²) in [5.74, 6) is 0. The van der Waals surface area contributed by atoms with Gasteiger partial charge in [0, 0.05) is 14.7 Å². The SMILES string of the molecule is Cc1nc(-c2cc(Br)cs2)sc1C1(C#N)CC1. The van der Waals surface area contributed by atoms with Gasteiger partial charge in [0.1, 0.15) is 5.01 Å². The van der Waals surface area contributed by atoms with E-state index in [2.05, 4.69) is 38.4 Å². The van der Waals surface area contributed by atoms with Gasteiger partial charge in [-0.1, -0.05) is 0 Å². The minimum atomic E-state index is -0.214. The van der Waals surface area contributed by atoms with Gasteiger partial charge in [0.15, 0.2) is 0 Å². The molecule has 1 fully saturated rings. The standard InChI is InChI=1S/C12H9BrN2S2/c1-7-10(12(6-14)2-3-12)17-11(15-7)9-4-8(13)5-16-9/h4-5H,2-3H2,1H3. The summed E-state index contributed by atoms with van der Waals surface area (Å²) < 4.78 is 1.09. The van der Waals surface area contributed by atoms with Gasteiger partial charge in [-0.3, -0.25) is 0 Å². The number of thiazole rings is 1. The van der Waals surface area contributed by atoms with Crippen LogP contribution in [0.25, 0.3) is 9.88 Å². The van der Waals surface area contributed by atoms with Crippen molar-refractivity contribution in [2.24, 2.45) is 0 Å². The number of aromatic nitrogens is 1. The quantitative estimate of drug-likeness (QED) is 0.815. The van der Waals surface area contributed by atoms with E-state index in [9.17, 15) is 5.26 Å². The Morgan fingerprint density at radius 1 is 1.53 bits per heavy atom. The first-order chi connectivity index (χ1) is 8.14. The molecular weight excluding hydrogens is 316 g/mol. The molecule has 0 radical (unpaired) electrons. The zero-order valence-corrected chi connectivity index (χ0v) is 12.4. The van der Waals surface area contributed by atoms with Crippen LogP contribution in [-0.2, 0) is 5.41 Å². The fourth-order valence-electron chi connectivity index (χ4n) is 1.89. The lowest BCUT2D eigenvalue weighted by atomic mass is 10.1. The first-order valence-electron chi connectivity index (χ1n) is 5.28. The van der Waals surface area contributed by atoms with Gasteiger partial charge in [0.2, 0.25) is 0 Å². The molecule has 2 nitrogen and oxygen atoms in total. The normalized spacial score (nSPS) is 16.8. The van der Waals surface area contributed by atoms with Gasteiger partial charge in [0.25, 0.3) is 0 Å². The predicted molar refractivity (Wildman–Crippen MR) is 74.4 cm³/mol. The molecule has 2 aromatic rings. The topological polar surface area (TPSA) is 36.7 Å². The number of nitriles is 1. The molecule has 0 aliphatic heterocycles. The number of nitrogens with zero attached hydrogens (tertiary/aromatic N) is 2. The van der Waals surface area contributed by atoms with Gasteiger partial charge in [-0.15, -0.1) is 22.7 Å². The lowest BCUT2D eigenvalue weighted by Gasteiger charge is -2.00. The summed E-state index contributed by atoms with van der Waals surface area (Å²) in [6.45, 7) is 2.01. The van der Waals surface area contributed by atoms with E-state index in [0.29, 0.717) is 0 Å². The molecule has 0 amide bonds. The van der Waals surface area contributed by atoms with E-state index in [4.69, 9.17) is 0 Å². The smallest absolute Gasteiger partial charge is 0.133 e. The van der Waals surface area contributed by atoms with E-state index in [0.717, 1.165) is 28.0 Å². The zero-order chi connectivity index (χ0) is 12.0. The van der Waals surface area contributed by atoms with Crippen LogP contribution >= 0.6 is 38.6 Å². The summed E-state index contributed by atoms with van der Waals surface area (Å²) in [4.78, 5) is 6.94. The van der Waals surface area contributed by atoms with Gasteiger partial charge >= 0.3 is 0 Å². The van der Waals surface area contributed by atoms with Crippen molar-refractivity contribution in [3.63, 3.8) is 0 Å². The van der Waals surface area contributed by atoms with Crippen LogP contribution < -0.4 is 0 Å². The highest BCUT2D eigenvalue weighted by Crippen LogP contribution is 2.52. The second kappa shape index (κ2) is 3.91. The van der Waals surface area contributed by atoms with Crippen molar-refractivity contribution in [3.8, 4) is 16.0 Å². The maximum Gasteiger partial charge on any atom is 0.133 e. The monoisotopic (exact) mass is 324 g/mol. The number of halogens is 1. The van der Waals surface area contributed by atoms with Crippen LogP contribution in [0.4, 0.5) is 0 Å². The molecule has 1 saturated carbocycles. The number of aryl methyl sites for hydroxylation is 1. The zero-order valence-electron chi connectivity index (χ0n) is 9.16. The maximum absolute atomic E-state index is 9.24. The second-order valence-corrected chi connectivity index (χ2v) is 7.08. The minimum Gasteiger partial charge on any atom is -0.240 e. The first-order valence-corrected chi connectivity index (χ1v) is 7.77. The minimum absolute atomic E-state index is 0.214. The Morgan fingerprint density at radius 3 is 2.82 bits per heavy atom. The molecule has 0 atom stereocenters. The molecule has 0 saturated heterocycles. The van der Waals surface area contributed by atoms with Crippen molar-refractivity contribution in [3.05, 3.63) is 26.5 Å². The van der Waals surface area contributed by atoms with Crippen LogP contribution in [0.5, 0.6) is 0 Å². The molecule has 17 heavy (non-hydrogen) atoms. The van der Waals surface area contributed by atoms with Crippen molar-refractivity contribution in [1.82, 2.24) is 4.98 Å². The molecule has 3 rings (SSSR count). The third-order valence-electron chi connectivity index (χ3n) is 2.97. The van der Waals surface area contributed by atoms with Gasteiger partial charge in [-0.25, -0.2) is 4.98 Å². The van der Waals surface area contributed by atoms with Crippen molar-refractivity contribution in [2.75, 3.05) is 0 Å². The number of hydrogen-bond acceptors (Lipinski definition) is 4. The first kappa shape index (κ1) is 11.4. The fraction of sp³-hybridized carbons (Fsp3) is 0.333. The van der Waals surface area contributed by atoms with E-state index in [1.54, 1.807) is 22.7 Å². The summed E-state index contributed by atoms with van der Waals surface area (Å²) in [5.41, 5.74) is 0.808. The Balaban J connectivity index is 2.05. The molecule has 2 heterocycles. The van der Waals surface area contributed by atoms with E-state index in [1.165, 1.54) is 9.75 Å². The van der Waals surface area contributed by atoms with Crippen molar-refractivity contribution in [1.29, 1.82) is 5.26 Å². The Kier molecular flexibility index (Phi) is 2.62. The fourth-order valence-corrected chi connectivity index (χ4v) is 4.64. The summed E-state index contributed by atoms with van der Waals surface area (Å²) in [7, 11) is 0. The lowest BCUT2D eigenvalue weighted by Crippen LogP contribution is -2.01. The summed E-state index contributed by atoms with van der Waals surface area (Å²) in [6.07, 6.45) is 1.97. The molecule has 86 valence electrons. The Hall–Kier alpha value is -0.700. The molecule has 0 unspecified atom stereocenters. The Morgan fingerprint density at radius 2 is 2.29 bits per heavy atom. The van der Waals surface area contributed by atoms with E-state index >= 15 is 0 Å². The maximum atomic E-state index is 9.24. The Bertz CT molecular complexity index is 617. The third kappa shape index (κ3) is 1.85. The predicted octanol–water partition coefficient (Wildman–Crippen LogP) is 4.50. The van der Waals surface area contributed by atoms with E-state index in [1.807, 2.05) is 6.92 Å². The number of hydrogen-bond donors (Lipinski definition) is 0. The van der Waals surface area contributed by atoms with Crippen LogP contribution in [0.2, 0.25) is 0 Å². The van der Waals surface area contributed by atoms with Crippen LogP contribution in [-0.4, -0.2) is 4.98 Å². The molecule has 0 bridgehead atoms. The van der Waals surface area contributed by atoms with E-state index < -0.39 is 0 Å². The lowest BCUT2D eigenvalue weighted by molar-refractivity contribution is 0.914. The largest absolute Gasteiger partial charge is 0.240 e. The summed E-state index contributed by atoms with van der Waals surface area (Å²) in [5, 5.41) is 12.3. The van der Waals surface area contributed by atoms with Gasteiger partial charge in [-0.05, 0) is 41.8 Å². The summed E-state index contributed by atoms with van der Waals surface area (Å²) in [6, 6.07) is 4.53. The average molecular weight is 325 g/mol. The molecule has 0 aromatic carbocycles. The Labute approximate surface area is 116 Å². The van der Waals surface area contributed by atoms with Crippen LogP contribution in [0.15, 0.2) is 15.9 Å². The van der Waals surface area contributed by atoms with E-state index in [-0.39, 0.29) is 5.41 Å². The van der Waals surface area contributed by atoms with Crippen molar-refractivity contribution < 1.29 is 0 Å². The van der Waals surface area contributed by atoms with Gasteiger partial charge in [0.05, 0.1) is 22.1 Å². The molecule has 1 aliphatic carbocycles. The molecular formula is C12H9BrN2S2. The highest BCUT2D eigenvalue weighted by atomic mass is 79.9. The van der Waals surface area contributed by atoms with Crippen molar-refractivity contribution in [2.45, 2.75) is 25.2 Å². The van der Waals surface area contributed by atoms with Crippen LogP contribution in [0.3, 0.4) is 0 Å². The highest BCUT2D eigenvalue weighted by molar-refractivity contribution is 9.10.